The summed E-state index contributed by atoms with van der Waals surface area (Å²) in [4.78, 5) is 22.7. The van der Waals surface area contributed by atoms with Gasteiger partial charge in [-0.05, 0) is 66.7 Å². The summed E-state index contributed by atoms with van der Waals surface area (Å²) in [7, 11) is 0. The van der Waals surface area contributed by atoms with Crippen LogP contribution in [0, 0.1) is 0 Å². The molecule has 4 N–H and O–H groups in total. The molecular formula is C17H22BrN5O2. The molecule has 134 valence electrons. The molecule has 0 aromatic heterocycles. The molecular weight excluding hydrogens is 386 g/mol. The van der Waals surface area contributed by atoms with Gasteiger partial charge in [0.25, 0.3) is 0 Å². The molecule has 8 heteroatoms. The lowest BCUT2D eigenvalue weighted by molar-refractivity contribution is 0.0526. The molecule has 1 aliphatic heterocycles. The number of nitrogens with two attached hydrogens (primary N) is 2. The number of hydrogen-bond donors (Lipinski definition) is 2. The first-order chi connectivity index (χ1) is 12.0. The van der Waals surface area contributed by atoms with Crippen LogP contribution in [0.5, 0.6) is 0 Å². The minimum Gasteiger partial charge on any atom is -0.462 e. The Hall–Kier alpha value is -2.09. The fourth-order valence-corrected chi connectivity index (χ4v) is 4.06. The molecule has 0 unspecified atom stereocenters. The smallest absolute Gasteiger partial charge is 0.338 e. The van der Waals surface area contributed by atoms with Gasteiger partial charge in [-0.2, -0.15) is 4.99 Å². The summed E-state index contributed by atoms with van der Waals surface area (Å²) in [6.45, 7) is 2.11. The number of carbonyl (C=O) groups excluding carboxylic acids is 1. The van der Waals surface area contributed by atoms with Crippen molar-refractivity contribution in [2.45, 2.75) is 44.7 Å². The van der Waals surface area contributed by atoms with Crippen LogP contribution in [0.25, 0.3) is 0 Å². The van der Waals surface area contributed by atoms with Gasteiger partial charge >= 0.3 is 5.97 Å². The SMILES string of the molecule is CCOC(=O)c1ccc(N2C(N)=NC(N)=NC23CCCCC3)c(Br)c1. The van der Waals surface area contributed by atoms with Crippen LogP contribution in [0.3, 0.4) is 0 Å². The number of rotatable bonds is 3. The normalized spacial score (nSPS) is 19.4. The second kappa shape index (κ2) is 7.03. The number of ether oxygens (including phenoxy) is 1. The minimum absolute atomic E-state index is 0.218. The Bertz CT molecular complexity index is 741. The van der Waals surface area contributed by atoms with E-state index in [9.17, 15) is 4.79 Å². The zero-order valence-corrected chi connectivity index (χ0v) is 15.8. The number of halogens is 1. The third kappa shape index (κ3) is 3.35. The molecule has 0 saturated heterocycles. The van der Waals surface area contributed by atoms with Crippen molar-refractivity contribution < 1.29 is 9.53 Å². The number of nitrogens with zero attached hydrogens (tertiary/aromatic N) is 3. The Balaban J connectivity index is 2.01. The number of benzene rings is 1. The van der Waals surface area contributed by atoms with E-state index in [0.717, 1.165) is 35.8 Å². The molecule has 0 amide bonds. The van der Waals surface area contributed by atoms with Crippen molar-refractivity contribution >= 4 is 39.5 Å². The van der Waals surface area contributed by atoms with E-state index in [1.807, 2.05) is 11.0 Å². The summed E-state index contributed by atoms with van der Waals surface area (Å²) < 4.78 is 5.79. The number of esters is 1. The first kappa shape index (κ1) is 17.7. The number of guanidine groups is 2. The molecule has 0 atom stereocenters. The highest BCUT2D eigenvalue weighted by atomic mass is 79.9. The van der Waals surface area contributed by atoms with Crippen molar-refractivity contribution in [3.8, 4) is 0 Å². The molecule has 1 heterocycles. The molecule has 25 heavy (non-hydrogen) atoms. The Morgan fingerprint density at radius 3 is 2.68 bits per heavy atom. The predicted octanol–water partition coefficient (Wildman–Crippen LogP) is 2.74. The van der Waals surface area contributed by atoms with Crippen LogP contribution < -0.4 is 16.4 Å². The van der Waals surface area contributed by atoms with Crippen LogP contribution in [0.4, 0.5) is 5.69 Å². The van der Waals surface area contributed by atoms with Gasteiger partial charge in [-0.1, -0.05) is 6.42 Å². The molecule has 0 bridgehead atoms. The van der Waals surface area contributed by atoms with E-state index in [2.05, 4.69) is 25.9 Å². The molecule has 0 radical (unpaired) electrons. The van der Waals surface area contributed by atoms with Crippen molar-refractivity contribution in [3.63, 3.8) is 0 Å². The van der Waals surface area contributed by atoms with E-state index >= 15 is 0 Å². The fraction of sp³-hybridized carbons (Fsp3) is 0.471. The van der Waals surface area contributed by atoms with Crippen LogP contribution in [-0.2, 0) is 4.74 Å². The maximum atomic E-state index is 11.9. The quantitative estimate of drug-likeness (QED) is 0.748. The predicted molar refractivity (Wildman–Crippen MR) is 102 cm³/mol. The molecule has 1 aliphatic carbocycles. The summed E-state index contributed by atoms with van der Waals surface area (Å²) in [6.07, 6.45) is 5.00. The maximum Gasteiger partial charge on any atom is 0.338 e. The van der Waals surface area contributed by atoms with Crippen molar-refractivity contribution in [2.75, 3.05) is 11.5 Å². The summed E-state index contributed by atoms with van der Waals surface area (Å²) in [5.74, 6) is 0.179. The van der Waals surface area contributed by atoms with Crippen LogP contribution >= 0.6 is 15.9 Å². The van der Waals surface area contributed by atoms with Crippen LogP contribution in [0.15, 0.2) is 32.7 Å². The largest absolute Gasteiger partial charge is 0.462 e. The highest BCUT2D eigenvalue weighted by molar-refractivity contribution is 9.10. The zero-order valence-electron chi connectivity index (χ0n) is 14.2. The van der Waals surface area contributed by atoms with Gasteiger partial charge in [0.1, 0.15) is 5.66 Å². The third-order valence-electron chi connectivity index (χ3n) is 4.55. The van der Waals surface area contributed by atoms with E-state index in [4.69, 9.17) is 16.2 Å². The summed E-state index contributed by atoms with van der Waals surface area (Å²) in [6, 6.07) is 5.30. The highest BCUT2D eigenvalue weighted by Crippen LogP contribution is 2.41. The third-order valence-corrected chi connectivity index (χ3v) is 5.19. The average Bonchev–Trinajstić information content (AvgIpc) is 2.56. The molecule has 3 rings (SSSR count). The van der Waals surface area contributed by atoms with Crippen LogP contribution in [0.2, 0.25) is 0 Å². The second-order valence-corrected chi connectivity index (χ2v) is 7.06. The Morgan fingerprint density at radius 2 is 2.04 bits per heavy atom. The molecule has 1 saturated carbocycles. The zero-order chi connectivity index (χ0) is 18.0. The van der Waals surface area contributed by atoms with E-state index < -0.39 is 5.66 Å². The lowest BCUT2D eigenvalue weighted by atomic mass is 9.87. The first-order valence-electron chi connectivity index (χ1n) is 8.43. The Labute approximate surface area is 155 Å². The Morgan fingerprint density at radius 1 is 1.32 bits per heavy atom. The lowest BCUT2D eigenvalue weighted by Crippen LogP contribution is -2.58. The molecule has 1 spiro atoms. The van der Waals surface area contributed by atoms with Gasteiger partial charge in [0.15, 0.2) is 0 Å². The van der Waals surface area contributed by atoms with Gasteiger partial charge < -0.3 is 16.2 Å². The van der Waals surface area contributed by atoms with Gasteiger partial charge in [-0.3, -0.25) is 4.90 Å². The lowest BCUT2D eigenvalue weighted by Gasteiger charge is -2.45. The monoisotopic (exact) mass is 407 g/mol. The van der Waals surface area contributed by atoms with E-state index in [1.165, 1.54) is 6.42 Å². The first-order valence-corrected chi connectivity index (χ1v) is 9.22. The highest BCUT2D eigenvalue weighted by Gasteiger charge is 2.43. The average molecular weight is 408 g/mol. The van der Waals surface area contributed by atoms with Crippen LogP contribution in [-0.4, -0.2) is 30.2 Å². The van der Waals surface area contributed by atoms with Crippen LogP contribution in [0.1, 0.15) is 49.4 Å². The topological polar surface area (TPSA) is 106 Å². The summed E-state index contributed by atoms with van der Waals surface area (Å²) in [5, 5.41) is 0. The van der Waals surface area contributed by atoms with Gasteiger partial charge in [-0.25, -0.2) is 9.79 Å². The van der Waals surface area contributed by atoms with E-state index in [-0.39, 0.29) is 11.9 Å². The van der Waals surface area contributed by atoms with Crippen molar-refractivity contribution in [3.05, 3.63) is 28.2 Å². The number of hydrogen-bond acceptors (Lipinski definition) is 7. The van der Waals surface area contributed by atoms with E-state index in [1.54, 1.807) is 19.1 Å². The molecule has 1 fully saturated rings. The second-order valence-electron chi connectivity index (χ2n) is 6.21. The summed E-state index contributed by atoms with van der Waals surface area (Å²) >= 11 is 3.55. The van der Waals surface area contributed by atoms with Gasteiger partial charge in [0.05, 0.1) is 17.9 Å². The minimum atomic E-state index is -0.512. The maximum absolute atomic E-state index is 11.9. The standard InChI is InChI=1S/C17H22BrN5O2/c1-2-25-14(24)11-6-7-13(12(18)10-11)23-16(20)21-15(19)22-17(23)8-4-3-5-9-17/h6-7,10H,2-5,8-9H2,1H3,(H4,19,20,21,22). The Kier molecular flexibility index (Phi) is 4.99. The fourth-order valence-electron chi connectivity index (χ4n) is 3.50. The van der Waals surface area contributed by atoms with Crippen molar-refractivity contribution in [2.24, 2.45) is 21.5 Å². The molecule has 1 aromatic carbocycles. The summed E-state index contributed by atoms with van der Waals surface area (Å²) in [5.41, 5.74) is 12.9. The number of anilines is 1. The van der Waals surface area contributed by atoms with Crippen molar-refractivity contribution in [1.82, 2.24) is 0 Å². The number of aliphatic imine (C=N–C) groups is 2. The van der Waals surface area contributed by atoms with Gasteiger partial charge in [0.2, 0.25) is 11.9 Å². The molecule has 2 aliphatic rings. The van der Waals surface area contributed by atoms with Crippen molar-refractivity contribution in [1.29, 1.82) is 0 Å². The van der Waals surface area contributed by atoms with Gasteiger partial charge in [-0.15, -0.1) is 0 Å². The van der Waals surface area contributed by atoms with E-state index in [0.29, 0.717) is 18.1 Å². The van der Waals surface area contributed by atoms with Gasteiger partial charge in [0, 0.05) is 4.47 Å². The number of carbonyl (C=O) groups is 1. The molecule has 7 nitrogen and oxygen atoms in total. The molecule has 1 aromatic rings.